The third kappa shape index (κ3) is 1.58. The Kier molecular flexibility index (Phi) is 2.69. The maximum absolute atomic E-state index is 11.7. The molecule has 0 saturated heterocycles. The molecule has 0 spiro atoms. The highest BCUT2D eigenvalue weighted by Crippen LogP contribution is 2.24. The fourth-order valence-corrected chi connectivity index (χ4v) is 1.66. The zero-order chi connectivity index (χ0) is 11.7. The molecule has 0 unspecified atom stereocenters. The molecule has 2 heterocycles. The van der Waals surface area contributed by atoms with E-state index in [1.54, 1.807) is 11.9 Å². The van der Waals surface area contributed by atoms with Crippen LogP contribution in [0.25, 0.3) is 0 Å². The topological polar surface area (TPSA) is 79.4 Å². The fourth-order valence-electron chi connectivity index (χ4n) is 1.66. The summed E-state index contributed by atoms with van der Waals surface area (Å²) >= 11 is 0. The number of ether oxygens (including phenoxy) is 1. The van der Waals surface area contributed by atoms with Gasteiger partial charge in [-0.3, -0.25) is 14.3 Å². The van der Waals surface area contributed by atoms with Crippen molar-refractivity contribution in [1.82, 2.24) is 9.55 Å². The third-order valence-corrected chi connectivity index (χ3v) is 2.50. The third-order valence-electron chi connectivity index (χ3n) is 2.50. The summed E-state index contributed by atoms with van der Waals surface area (Å²) in [5.41, 5.74) is -0.354. The number of nitrogens with zero attached hydrogens (tertiary/aromatic N) is 2. The Labute approximate surface area is 91.6 Å². The summed E-state index contributed by atoms with van der Waals surface area (Å²) in [5.74, 6) is 0.536. The Hall–Kier alpha value is -1.76. The highest BCUT2D eigenvalue weighted by Gasteiger charge is 2.24. The van der Waals surface area contributed by atoms with E-state index in [1.807, 2.05) is 6.92 Å². The molecule has 0 aromatic carbocycles. The van der Waals surface area contributed by atoms with E-state index < -0.39 is 5.69 Å². The van der Waals surface area contributed by atoms with E-state index in [0.29, 0.717) is 31.5 Å². The molecule has 1 aliphatic heterocycles. The maximum Gasteiger partial charge on any atom is 0.329 e. The van der Waals surface area contributed by atoms with E-state index in [2.05, 4.69) is 10.3 Å². The first-order chi connectivity index (χ1) is 7.65. The second-order valence-electron chi connectivity index (χ2n) is 3.51. The second-order valence-corrected chi connectivity index (χ2v) is 3.51. The van der Waals surface area contributed by atoms with Gasteiger partial charge in [0.25, 0.3) is 5.56 Å². The van der Waals surface area contributed by atoms with E-state index in [-0.39, 0.29) is 5.56 Å². The number of aromatic nitrogens is 2. The average molecular weight is 226 g/mol. The van der Waals surface area contributed by atoms with Crippen LogP contribution in [0.5, 0.6) is 0 Å². The van der Waals surface area contributed by atoms with Crippen LogP contribution >= 0.6 is 0 Å². The van der Waals surface area contributed by atoms with E-state index in [9.17, 15) is 9.59 Å². The standard InChI is InChI=1S/C9H14N4O3/c1-3-16-5-13-4-10-7-6(13)8(14)11-9(15)12(7)2/h10H,3-5H2,1-2H3,(H,11,14,15). The number of hydrogen-bond acceptors (Lipinski definition) is 5. The molecular weight excluding hydrogens is 212 g/mol. The fraction of sp³-hybridized carbons (Fsp3) is 0.556. The van der Waals surface area contributed by atoms with Crippen molar-refractivity contribution < 1.29 is 4.74 Å². The molecule has 7 nitrogen and oxygen atoms in total. The van der Waals surface area contributed by atoms with Crippen LogP contribution in [0.1, 0.15) is 6.92 Å². The van der Waals surface area contributed by atoms with Crippen LogP contribution < -0.4 is 21.5 Å². The molecular formula is C9H14N4O3. The molecule has 1 aromatic rings. The van der Waals surface area contributed by atoms with Crippen molar-refractivity contribution in [3.63, 3.8) is 0 Å². The van der Waals surface area contributed by atoms with Crippen molar-refractivity contribution in [3.05, 3.63) is 20.8 Å². The van der Waals surface area contributed by atoms with Gasteiger partial charge in [0.15, 0.2) is 0 Å². The number of H-pyrrole nitrogens is 1. The number of rotatable bonds is 3. The van der Waals surface area contributed by atoms with Crippen molar-refractivity contribution >= 4 is 11.5 Å². The van der Waals surface area contributed by atoms with Gasteiger partial charge in [0, 0.05) is 13.7 Å². The molecule has 0 bridgehead atoms. The van der Waals surface area contributed by atoms with Crippen molar-refractivity contribution in [2.24, 2.45) is 7.05 Å². The molecule has 2 rings (SSSR count). The summed E-state index contributed by atoms with van der Waals surface area (Å²) in [7, 11) is 1.61. The van der Waals surface area contributed by atoms with Gasteiger partial charge >= 0.3 is 5.69 Å². The lowest BCUT2D eigenvalue weighted by atomic mass is 10.4. The Morgan fingerprint density at radius 1 is 1.44 bits per heavy atom. The Balaban J connectivity index is 2.43. The maximum atomic E-state index is 11.7. The van der Waals surface area contributed by atoms with Gasteiger partial charge in [0.05, 0.1) is 6.67 Å². The molecule has 88 valence electrons. The molecule has 1 aromatic heterocycles. The van der Waals surface area contributed by atoms with Crippen LogP contribution in [0.2, 0.25) is 0 Å². The van der Waals surface area contributed by atoms with Crippen molar-refractivity contribution in [2.45, 2.75) is 6.92 Å². The Morgan fingerprint density at radius 3 is 2.88 bits per heavy atom. The second kappa shape index (κ2) is 4.01. The van der Waals surface area contributed by atoms with Crippen molar-refractivity contribution in [2.75, 3.05) is 30.2 Å². The van der Waals surface area contributed by atoms with Crippen molar-refractivity contribution in [3.8, 4) is 0 Å². The number of nitrogens with one attached hydrogen (secondary N) is 2. The Bertz CT molecular complexity index is 504. The number of fused-ring (bicyclic) bond motifs is 1. The lowest BCUT2D eigenvalue weighted by Crippen LogP contribution is -2.33. The minimum absolute atomic E-state index is 0.331. The largest absolute Gasteiger partial charge is 0.361 e. The summed E-state index contributed by atoms with van der Waals surface area (Å²) in [6, 6.07) is 0. The predicted molar refractivity (Wildman–Crippen MR) is 59.8 cm³/mol. The van der Waals surface area contributed by atoms with Crippen molar-refractivity contribution in [1.29, 1.82) is 0 Å². The highest BCUT2D eigenvalue weighted by atomic mass is 16.5. The van der Waals surface area contributed by atoms with Crippen LogP contribution in [-0.4, -0.2) is 29.6 Å². The molecule has 0 aliphatic carbocycles. The molecule has 7 heteroatoms. The van der Waals surface area contributed by atoms with E-state index in [0.717, 1.165) is 0 Å². The first kappa shape index (κ1) is 10.7. The Morgan fingerprint density at radius 2 is 2.19 bits per heavy atom. The SMILES string of the molecule is CCOCN1CNc2c1c(=O)[nH]c(=O)n2C. The molecule has 0 saturated carbocycles. The number of hydrogen-bond donors (Lipinski definition) is 2. The molecule has 0 amide bonds. The average Bonchev–Trinajstić information content (AvgIpc) is 2.67. The summed E-state index contributed by atoms with van der Waals surface area (Å²) in [6.07, 6.45) is 0. The van der Waals surface area contributed by atoms with Crippen LogP contribution in [-0.2, 0) is 11.8 Å². The van der Waals surface area contributed by atoms with Gasteiger partial charge in [0.2, 0.25) is 0 Å². The summed E-state index contributed by atoms with van der Waals surface area (Å²) in [5, 5.41) is 3.00. The minimum Gasteiger partial charge on any atom is -0.361 e. The molecule has 16 heavy (non-hydrogen) atoms. The lowest BCUT2D eigenvalue weighted by Gasteiger charge is -2.15. The number of aromatic amines is 1. The van der Waals surface area contributed by atoms with Gasteiger partial charge in [-0.2, -0.15) is 0 Å². The first-order valence-corrected chi connectivity index (χ1v) is 5.05. The summed E-state index contributed by atoms with van der Waals surface area (Å²) < 4.78 is 6.62. The quantitative estimate of drug-likeness (QED) is 0.709. The van der Waals surface area contributed by atoms with Gasteiger partial charge < -0.3 is 15.0 Å². The smallest absolute Gasteiger partial charge is 0.329 e. The van der Waals surface area contributed by atoms with Crippen LogP contribution in [0.15, 0.2) is 9.59 Å². The van der Waals surface area contributed by atoms with Gasteiger partial charge in [-0.25, -0.2) is 4.79 Å². The molecule has 0 atom stereocenters. The minimum atomic E-state index is -0.422. The van der Waals surface area contributed by atoms with Gasteiger partial charge in [-0.05, 0) is 6.92 Å². The number of anilines is 2. The van der Waals surface area contributed by atoms with E-state index >= 15 is 0 Å². The normalized spacial score (nSPS) is 13.8. The lowest BCUT2D eigenvalue weighted by molar-refractivity contribution is 0.149. The zero-order valence-corrected chi connectivity index (χ0v) is 9.24. The van der Waals surface area contributed by atoms with Gasteiger partial charge in [-0.1, -0.05) is 0 Å². The van der Waals surface area contributed by atoms with Crippen LogP contribution in [0.3, 0.4) is 0 Å². The molecule has 2 N–H and O–H groups in total. The van der Waals surface area contributed by atoms with E-state index in [4.69, 9.17) is 4.74 Å². The highest BCUT2D eigenvalue weighted by molar-refractivity contribution is 5.69. The van der Waals surface area contributed by atoms with Crippen LogP contribution in [0.4, 0.5) is 11.5 Å². The predicted octanol–water partition coefficient (Wildman–Crippen LogP) is -0.743. The molecule has 0 radical (unpaired) electrons. The van der Waals surface area contributed by atoms with Gasteiger partial charge in [0.1, 0.15) is 18.2 Å². The van der Waals surface area contributed by atoms with E-state index in [1.165, 1.54) is 4.57 Å². The van der Waals surface area contributed by atoms with Crippen LogP contribution in [0, 0.1) is 0 Å². The molecule has 1 aliphatic rings. The summed E-state index contributed by atoms with van der Waals surface area (Å²) in [6.45, 7) is 3.26. The zero-order valence-electron chi connectivity index (χ0n) is 9.24. The monoisotopic (exact) mass is 226 g/mol. The summed E-state index contributed by atoms with van der Waals surface area (Å²) in [4.78, 5) is 27.0. The van der Waals surface area contributed by atoms with Gasteiger partial charge in [-0.15, -0.1) is 0 Å². The first-order valence-electron chi connectivity index (χ1n) is 5.05. The molecule has 0 fully saturated rings.